The van der Waals surface area contributed by atoms with E-state index in [1.807, 2.05) is 32.7 Å². The second-order valence-electron chi connectivity index (χ2n) is 6.32. The molecule has 0 saturated carbocycles. The fourth-order valence-electron chi connectivity index (χ4n) is 2.43. The van der Waals surface area contributed by atoms with Crippen LogP contribution in [-0.2, 0) is 0 Å². The quantitative estimate of drug-likeness (QED) is 0.910. The molecular weight excluding hydrogens is 286 g/mol. The van der Waals surface area contributed by atoms with E-state index >= 15 is 0 Å². The second kappa shape index (κ2) is 5.51. The number of nitrogens with one attached hydrogen (secondary N) is 1. The Morgan fingerprint density at radius 3 is 2.62 bits per heavy atom. The van der Waals surface area contributed by atoms with E-state index < -0.39 is 5.60 Å². The fraction of sp³-hybridized carbons (Fsp3) is 0.600. The zero-order valence-electron chi connectivity index (χ0n) is 13.4. The van der Waals surface area contributed by atoms with E-state index in [2.05, 4.69) is 9.97 Å². The van der Waals surface area contributed by atoms with Gasteiger partial charge in [0.05, 0.1) is 17.0 Å². The standard InChI is InChI=1S/C15H23N3O2S/c1-8-10(3)21-14-11(8)13(19)16-12(17-14)9(2)18(6)7-15(4,5)20/h9,20H,7H2,1-6H3,(H,16,17,19). The van der Waals surface area contributed by atoms with Crippen molar-refractivity contribution >= 4 is 21.6 Å². The molecular formula is C15H23N3O2S. The SMILES string of the molecule is Cc1sc2nc(C(C)N(C)CC(C)(C)O)[nH]c(=O)c2c1C. The number of thiophene rings is 1. The van der Waals surface area contributed by atoms with Crippen LogP contribution in [0, 0.1) is 13.8 Å². The minimum Gasteiger partial charge on any atom is -0.389 e. The highest BCUT2D eigenvalue weighted by Crippen LogP contribution is 2.27. The van der Waals surface area contributed by atoms with Crippen molar-refractivity contribution < 1.29 is 5.11 Å². The third-order valence-corrected chi connectivity index (χ3v) is 4.85. The molecule has 0 fully saturated rings. The Kier molecular flexibility index (Phi) is 4.24. The van der Waals surface area contributed by atoms with Crippen LogP contribution in [0.3, 0.4) is 0 Å². The first-order valence-corrected chi connectivity index (χ1v) is 7.84. The average Bonchev–Trinajstić information content (AvgIpc) is 2.62. The van der Waals surface area contributed by atoms with Crippen molar-refractivity contribution in [2.75, 3.05) is 13.6 Å². The number of hydrogen-bond acceptors (Lipinski definition) is 5. The smallest absolute Gasteiger partial charge is 0.259 e. The van der Waals surface area contributed by atoms with E-state index in [-0.39, 0.29) is 11.6 Å². The lowest BCUT2D eigenvalue weighted by Gasteiger charge is -2.29. The first kappa shape index (κ1) is 16.1. The molecule has 5 nitrogen and oxygen atoms in total. The van der Waals surface area contributed by atoms with Crippen LogP contribution in [0.4, 0.5) is 0 Å². The minimum atomic E-state index is -0.788. The van der Waals surface area contributed by atoms with Crippen molar-refractivity contribution in [1.29, 1.82) is 0 Å². The maximum absolute atomic E-state index is 12.3. The normalized spacial score (nSPS) is 14.1. The molecule has 0 saturated heterocycles. The number of aromatic nitrogens is 2. The molecule has 1 unspecified atom stereocenters. The summed E-state index contributed by atoms with van der Waals surface area (Å²) in [6.07, 6.45) is 0. The van der Waals surface area contributed by atoms with Gasteiger partial charge < -0.3 is 10.1 Å². The number of H-pyrrole nitrogens is 1. The molecule has 0 aliphatic carbocycles. The Morgan fingerprint density at radius 1 is 1.43 bits per heavy atom. The van der Waals surface area contributed by atoms with Gasteiger partial charge >= 0.3 is 0 Å². The van der Waals surface area contributed by atoms with Crippen LogP contribution in [0.25, 0.3) is 10.2 Å². The van der Waals surface area contributed by atoms with E-state index in [0.29, 0.717) is 17.8 Å². The number of aliphatic hydroxyl groups is 1. The van der Waals surface area contributed by atoms with Crippen molar-refractivity contribution in [3.05, 3.63) is 26.6 Å². The third-order valence-electron chi connectivity index (χ3n) is 3.75. The Hall–Kier alpha value is -1.24. The van der Waals surface area contributed by atoms with Crippen LogP contribution in [0.15, 0.2) is 4.79 Å². The van der Waals surface area contributed by atoms with Crippen molar-refractivity contribution in [3.63, 3.8) is 0 Å². The summed E-state index contributed by atoms with van der Waals surface area (Å²) in [5.74, 6) is 0.639. The molecule has 2 aromatic rings. The van der Waals surface area contributed by atoms with Crippen molar-refractivity contribution in [2.45, 2.75) is 46.3 Å². The number of fused-ring (bicyclic) bond motifs is 1. The highest BCUT2D eigenvalue weighted by atomic mass is 32.1. The van der Waals surface area contributed by atoms with Crippen LogP contribution in [-0.4, -0.2) is 39.2 Å². The van der Waals surface area contributed by atoms with Gasteiger partial charge in [-0.3, -0.25) is 9.69 Å². The summed E-state index contributed by atoms with van der Waals surface area (Å²) in [5.41, 5.74) is 0.136. The van der Waals surface area contributed by atoms with Gasteiger partial charge in [-0.1, -0.05) is 0 Å². The maximum Gasteiger partial charge on any atom is 0.259 e. The van der Waals surface area contributed by atoms with Gasteiger partial charge in [0, 0.05) is 11.4 Å². The van der Waals surface area contributed by atoms with Crippen molar-refractivity contribution in [3.8, 4) is 0 Å². The predicted molar refractivity (Wildman–Crippen MR) is 87.1 cm³/mol. The zero-order valence-corrected chi connectivity index (χ0v) is 14.3. The third kappa shape index (κ3) is 3.33. The molecule has 2 aromatic heterocycles. The first-order valence-electron chi connectivity index (χ1n) is 7.02. The number of aromatic amines is 1. The molecule has 6 heteroatoms. The summed E-state index contributed by atoms with van der Waals surface area (Å²) in [7, 11) is 1.91. The summed E-state index contributed by atoms with van der Waals surface area (Å²) >= 11 is 1.55. The molecule has 0 radical (unpaired) electrons. The van der Waals surface area contributed by atoms with Gasteiger partial charge in [-0.15, -0.1) is 11.3 Å². The summed E-state index contributed by atoms with van der Waals surface area (Å²) < 4.78 is 0. The van der Waals surface area contributed by atoms with Crippen LogP contribution < -0.4 is 5.56 Å². The molecule has 0 aromatic carbocycles. The molecule has 0 bridgehead atoms. The monoisotopic (exact) mass is 309 g/mol. The molecule has 0 amide bonds. The lowest BCUT2D eigenvalue weighted by molar-refractivity contribution is 0.0323. The van der Waals surface area contributed by atoms with Crippen LogP contribution >= 0.6 is 11.3 Å². The highest BCUT2D eigenvalue weighted by molar-refractivity contribution is 7.18. The fourth-order valence-corrected chi connectivity index (χ4v) is 3.46. The number of aryl methyl sites for hydroxylation is 2. The van der Waals surface area contributed by atoms with Gasteiger partial charge in [-0.2, -0.15) is 0 Å². The van der Waals surface area contributed by atoms with Crippen LogP contribution in [0.5, 0.6) is 0 Å². The minimum absolute atomic E-state index is 0.0729. The predicted octanol–water partition coefficient (Wildman–Crippen LogP) is 2.37. The van der Waals surface area contributed by atoms with Gasteiger partial charge in [0.25, 0.3) is 5.56 Å². The lowest BCUT2D eigenvalue weighted by atomic mass is 10.1. The number of hydrogen-bond donors (Lipinski definition) is 2. The van der Waals surface area contributed by atoms with Gasteiger partial charge in [0.2, 0.25) is 0 Å². The second-order valence-corrected chi connectivity index (χ2v) is 7.52. The highest BCUT2D eigenvalue weighted by Gasteiger charge is 2.22. The average molecular weight is 309 g/mol. The van der Waals surface area contributed by atoms with Gasteiger partial charge in [-0.05, 0) is 47.2 Å². The molecule has 21 heavy (non-hydrogen) atoms. The molecule has 1 atom stereocenters. The summed E-state index contributed by atoms with van der Waals surface area (Å²) in [6.45, 7) is 9.96. The largest absolute Gasteiger partial charge is 0.389 e. The topological polar surface area (TPSA) is 69.2 Å². The Morgan fingerprint density at radius 2 is 2.05 bits per heavy atom. The van der Waals surface area contributed by atoms with E-state index in [1.54, 1.807) is 25.2 Å². The number of rotatable bonds is 4. The summed E-state index contributed by atoms with van der Waals surface area (Å²) in [4.78, 5) is 23.7. The Labute approximate surface area is 128 Å². The van der Waals surface area contributed by atoms with E-state index in [4.69, 9.17) is 0 Å². The Bertz CT molecular complexity index is 712. The van der Waals surface area contributed by atoms with Crippen molar-refractivity contribution in [1.82, 2.24) is 14.9 Å². The molecule has 0 spiro atoms. The van der Waals surface area contributed by atoms with Gasteiger partial charge in [0.15, 0.2) is 0 Å². The molecule has 0 aliphatic rings. The molecule has 2 rings (SSSR count). The molecule has 116 valence electrons. The number of likely N-dealkylation sites (N-methyl/N-ethyl adjacent to an activating group) is 1. The van der Waals surface area contributed by atoms with Crippen LogP contribution in [0.2, 0.25) is 0 Å². The van der Waals surface area contributed by atoms with Gasteiger partial charge in [-0.25, -0.2) is 4.98 Å². The van der Waals surface area contributed by atoms with E-state index in [9.17, 15) is 9.90 Å². The van der Waals surface area contributed by atoms with Gasteiger partial charge in [0.1, 0.15) is 10.7 Å². The van der Waals surface area contributed by atoms with Crippen LogP contribution in [0.1, 0.15) is 43.1 Å². The molecule has 2 heterocycles. The zero-order chi connectivity index (χ0) is 15.9. The van der Waals surface area contributed by atoms with E-state index in [1.165, 1.54) is 0 Å². The van der Waals surface area contributed by atoms with Crippen molar-refractivity contribution in [2.24, 2.45) is 0 Å². The molecule has 2 N–H and O–H groups in total. The van der Waals surface area contributed by atoms with E-state index in [0.717, 1.165) is 15.3 Å². The number of nitrogens with zero attached hydrogens (tertiary/aromatic N) is 2. The molecule has 0 aliphatic heterocycles. The maximum atomic E-state index is 12.3. The Balaban J connectivity index is 2.41. The summed E-state index contributed by atoms with van der Waals surface area (Å²) in [5, 5.41) is 10.6. The summed E-state index contributed by atoms with van der Waals surface area (Å²) in [6, 6.07) is -0.0729. The lowest BCUT2D eigenvalue weighted by Crippen LogP contribution is -2.38. The first-order chi connectivity index (χ1) is 9.60.